The molecular weight excluding hydrogens is 336 g/mol. The van der Waals surface area contributed by atoms with E-state index in [2.05, 4.69) is 14.6 Å². The first kappa shape index (κ1) is 15.6. The van der Waals surface area contributed by atoms with Crippen LogP contribution in [0.25, 0.3) is 10.9 Å². The number of hydrogen-bond acceptors (Lipinski definition) is 6. The van der Waals surface area contributed by atoms with Gasteiger partial charge in [0.15, 0.2) is 5.69 Å². The second-order valence-electron chi connectivity index (χ2n) is 4.78. The third kappa shape index (κ3) is 2.82. The minimum Gasteiger partial charge on any atom is -0.493 e. The highest BCUT2D eigenvalue weighted by Gasteiger charge is 2.17. The van der Waals surface area contributed by atoms with E-state index in [-0.39, 0.29) is 22.2 Å². The molecule has 0 fully saturated rings. The Morgan fingerprint density at radius 1 is 1.08 bits per heavy atom. The van der Waals surface area contributed by atoms with Crippen LogP contribution in [0.3, 0.4) is 0 Å². The maximum atomic E-state index is 12.1. The minimum atomic E-state index is -4.15. The van der Waals surface area contributed by atoms with Crippen molar-refractivity contribution in [1.82, 2.24) is 4.98 Å². The second-order valence-corrected chi connectivity index (χ2v) is 6.36. The van der Waals surface area contributed by atoms with Crippen LogP contribution in [0.5, 0.6) is 5.88 Å². The zero-order valence-electron chi connectivity index (χ0n) is 11.9. The summed E-state index contributed by atoms with van der Waals surface area (Å²) in [6.45, 7) is 0. The highest BCUT2D eigenvalue weighted by molar-refractivity contribution is 7.90. The minimum absolute atomic E-state index is 0.00362. The van der Waals surface area contributed by atoms with Crippen molar-refractivity contribution in [3.05, 3.63) is 58.6 Å². The number of rotatable bonds is 4. The molecule has 0 bridgehead atoms. The molecule has 0 aliphatic carbocycles. The Morgan fingerprint density at radius 2 is 1.75 bits per heavy atom. The molecule has 2 aromatic carbocycles. The zero-order valence-corrected chi connectivity index (χ0v) is 12.8. The van der Waals surface area contributed by atoms with Gasteiger partial charge in [0.05, 0.1) is 15.3 Å². The Labute approximate surface area is 135 Å². The van der Waals surface area contributed by atoms with Gasteiger partial charge in [0.2, 0.25) is 5.88 Å². The van der Waals surface area contributed by atoms with Crippen LogP contribution in [0.1, 0.15) is 0 Å². The SMILES string of the molecule is O=[N+]([O-])c1ccc(S(=O)(=O)N=Nc2c(O)[nH]c3ccccc23)cc1. The van der Waals surface area contributed by atoms with E-state index in [9.17, 15) is 23.6 Å². The maximum absolute atomic E-state index is 12.1. The topological polar surface area (TPSA) is 138 Å². The van der Waals surface area contributed by atoms with Crippen molar-refractivity contribution in [2.45, 2.75) is 4.90 Å². The van der Waals surface area contributed by atoms with Crippen LogP contribution in [-0.4, -0.2) is 23.4 Å². The molecule has 0 radical (unpaired) electrons. The molecule has 122 valence electrons. The van der Waals surface area contributed by atoms with E-state index in [1.165, 1.54) is 0 Å². The lowest BCUT2D eigenvalue weighted by Gasteiger charge is -1.97. The van der Waals surface area contributed by atoms with Crippen molar-refractivity contribution in [3.8, 4) is 5.88 Å². The van der Waals surface area contributed by atoms with Crippen molar-refractivity contribution >= 4 is 32.3 Å². The third-order valence-electron chi connectivity index (χ3n) is 3.25. The first-order valence-corrected chi connectivity index (χ1v) is 8.04. The van der Waals surface area contributed by atoms with E-state index in [4.69, 9.17) is 0 Å². The Balaban J connectivity index is 1.97. The molecule has 0 aliphatic heterocycles. The summed E-state index contributed by atoms with van der Waals surface area (Å²) < 4.78 is 27.6. The standard InChI is InChI=1S/C14H10N4O5S/c19-14-13(11-3-1-2-4-12(11)15-14)16-17-24(22,23)10-7-5-9(6-8-10)18(20)21/h1-8,15,19H. The highest BCUT2D eigenvalue weighted by Crippen LogP contribution is 2.35. The predicted molar refractivity (Wildman–Crippen MR) is 84.8 cm³/mol. The lowest BCUT2D eigenvalue weighted by Crippen LogP contribution is -1.96. The average molecular weight is 346 g/mol. The Morgan fingerprint density at radius 3 is 2.42 bits per heavy atom. The van der Waals surface area contributed by atoms with Gasteiger partial charge in [-0.2, -0.15) is 8.42 Å². The maximum Gasteiger partial charge on any atom is 0.299 e. The summed E-state index contributed by atoms with van der Waals surface area (Å²) in [4.78, 5) is 12.4. The number of aromatic nitrogens is 1. The van der Waals surface area contributed by atoms with Crippen LogP contribution in [0.2, 0.25) is 0 Å². The molecule has 0 spiro atoms. The zero-order chi connectivity index (χ0) is 17.3. The molecule has 2 N–H and O–H groups in total. The van der Waals surface area contributed by atoms with Crippen molar-refractivity contribution in [3.63, 3.8) is 0 Å². The molecule has 0 aliphatic rings. The number of aromatic amines is 1. The number of nitro groups is 1. The van der Waals surface area contributed by atoms with E-state index >= 15 is 0 Å². The molecule has 0 saturated carbocycles. The van der Waals surface area contributed by atoms with Crippen molar-refractivity contribution in [1.29, 1.82) is 0 Å². The van der Waals surface area contributed by atoms with Gasteiger partial charge in [-0.05, 0) is 18.2 Å². The summed E-state index contributed by atoms with van der Waals surface area (Å²) >= 11 is 0. The summed E-state index contributed by atoms with van der Waals surface area (Å²) in [6, 6.07) is 11.1. The van der Waals surface area contributed by atoms with Crippen molar-refractivity contribution < 1.29 is 18.4 Å². The number of non-ortho nitro benzene ring substituents is 1. The molecule has 1 heterocycles. The Hall–Kier alpha value is -3.27. The number of fused-ring (bicyclic) bond motifs is 1. The van der Waals surface area contributed by atoms with Crippen molar-refractivity contribution in [2.75, 3.05) is 0 Å². The van der Waals surface area contributed by atoms with E-state index < -0.39 is 14.9 Å². The van der Waals surface area contributed by atoms with Gasteiger partial charge >= 0.3 is 0 Å². The average Bonchev–Trinajstić information content (AvgIpc) is 2.88. The first-order valence-electron chi connectivity index (χ1n) is 6.60. The Bertz CT molecular complexity index is 1050. The van der Waals surface area contributed by atoms with Crippen LogP contribution >= 0.6 is 0 Å². The van der Waals surface area contributed by atoms with E-state index in [0.29, 0.717) is 10.9 Å². The van der Waals surface area contributed by atoms with Crippen LogP contribution in [0.15, 0.2) is 63.1 Å². The molecule has 24 heavy (non-hydrogen) atoms. The molecule has 0 atom stereocenters. The molecule has 0 amide bonds. The van der Waals surface area contributed by atoms with Gasteiger partial charge < -0.3 is 10.1 Å². The number of benzene rings is 2. The van der Waals surface area contributed by atoms with Crippen molar-refractivity contribution in [2.24, 2.45) is 9.63 Å². The molecule has 10 heteroatoms. The quantitative estimate of drug-likeness (QED) is 0.424. The predicted octanol–water partition coefficient (Wildman–Crippen LogP) is 3.25. The van der Waals surface area contributed by atoms with E-state index in [0.717, 1.165) is 24.3 Å². The van der Waals surface area contributed by atoms with E-state index in [1.807, 2.05) is 0 Å². The first-order chi connectivity index (χ1) is 11.4. The number of para-hydroxylation sites is 1. The van der Waals surface area contributed by atoms with Gasteiger partial charge in [-0.25, -0.2) is 0 Å². The van der Waals surface area contributed by atoms with Gasteiger partial charge in [0.25, 0.3) is 15.7 Å². The fourth-order valence-corrected chi connectivity index (χ4v) is 2.86. The molecule has 3 rings (SSSR count). The van der Waals surface area contributed by atoms with Crippen LogP contribution in [0, 0.1) is 10.1 Å². The number of sulfonamides is 1. The number of nitrogens with one attached hydrogen (secondary N) is 1. The molecule has 1 aromatic heterocycles. The summed E-state index contributed by atoms with van der Waals surface area (Å²) in [6.07, 6.45) is 0. The highest BCUT2D eigenvalue weighted by atomic mass is 32.2. The lowest BCUT2D eigenvalue weighted by molar-refractivity contribution is -0.384. The summed E-state index contributed by atoms with van der Waals surface area (Å²) in [5, 5.41) is 24.5. The van der Waals surface area contributed by atoms with Crippen LogP contribution in [0.4, 0.5) is 11.4 Å². The smallest absolute Gasteiger partial charge is 0.299 e. The molecular formula is C14H10N4O5S. The third-order valence-corrected chi connectivity index (χ3v) is 4.42. The van der Waals surface area contributed by atoms with Gasteiger partial charge in [-0.1, -0.05) is 22.7 Å². The van der Waals surface area contributed by atoms with Gasteiger partial charge in [-0.15, -0.1) is 5.11 Å². The summed E-state index contributed by atoms with van der Waals surface area (Å²) in [7, 11) is -4.15. The number of nitro benzene ring substituents is 1. The molecule has 0 saturated heterocycles. The fraction of sp³-hybridized carbons (Fsp3) is 0. The van der Waals surface area contributed by atoms with Crippen LogP contribution < -0.4 is 0 Å². The van der Waals surface area contributed by atoms with Gasteiger partial charge in [0, 0.05) is 17.5 Å². The normalized spacial score (nSPS) is 12.0. The lowest BCUT2D eigenvalue weighted by atomic mass is 10.2. The molecule has 9 nitrogen and oxygen atoms in total. The fourth-order valence-electron chi connectivity index (χ4n) is 2.10. The number of nitrogens with zero attached hydrogens (tertiary/aromatic N) is 3. The van der Waals surface area contributed by atoms with Gasteiger partial charge in [0.1, 0.15) is 0 Å². The van der Waals surface area contributed by atoms with Crippen LogP contribution in [-0.2, 0) is 10.0 Å². The molecule has 0 unspecified atom stereocenters. The monoisotopic (exact) mass is 346 g/mol. The second kappa shape index (κ2) is 5.74. The number of aromatic hydroxyl groups is 1. The molecule has 3 aromatic rings. The largest absolute Gasteiger partial charge is 0.493 e. The van der Waals surface area contributed by atoms with Gasteiger partial charge in [-0.3, -0.25) is 10.1 Å². The summed E-state index contributed by atoms with van der Waals surface area (Å²) in [5.74, 6) is -0.307. The van der Waals surface area contributed by atoms with E-state index in [1.54, 1.807) is 24.3 Å². The Kier molecular flexibility index (Phi) is 3.73. The summed E-state index contributed by atoms with van der Waals surface area (Å²) in [5.41, 5.74) is 0.341. The number of hydrogen-bond donors (Lipinski definition) is 2. The number of H-pyrrole nitrogens is 1.